The lowest BCUT2D eigenvalue weighted by Gasteiger charge is -2.16. The van der Waals surface area contributed by atoms with Crippen molar-refractivity contribution in [1.29, 1.82) is 0 Å². The van der Waals surface area contributed by atoms with Crippen LogP contribution in [0.25, 0.3) is 0 Å². The number of nitrogens with one attached hydrogen (secondary N) is 1. The highest BCUT2D eigenvalue weighted by Crippen LogP contribution is 2.32. The van der Waals surface area contributed by atoms with Gasteiger partial charge in [0, 0.05) is 17.9 Å². The average molecular weight is 382 g/mol. The number of hydrogen-bond acceptors (Lipinski definition) is 4. The van der Waals surface area contributed by atoms with E-state index >= 15 is 0 Å². The van der Waals surface area contributed by atoms with Gasteiger partial charge < -0.3 is 9.32 Å². The lowest BCUT2D eigenvalue weighted by molar-refractivity contribution is 0.0963. The van der Waals surface area contributed by atoms with E-state index < -0.39 is 10.0 Å². The van der Waals surface area contributed by atoms with Gasteiger partial charge in [-0.25, -0.2) is 8.42 Å². The molecular formula is C20H18N2O4S. The zero-order valence-corrected chi connectivity index (χ0v) is 15.3. The molecule has 0 atom stereocenters. The van der Waals surface area contributed by atoms with E-state index in [4.69, 9.17) is 4.42 Å². The first kappa shape index (κ1) is 17.4. The minimum absolute atomic E-state index is 0.0893. The summed E-state index contributed by atoms with van der Waals surface area (Å²) in [5.74, 6) is 0.000233. The Hall–Kier alpha value is -3.06. The normalized spacial score (nSPS) is 13.4. The second kappa shape index (κ2) is 6.92. The predicted molar refractivity (Wildman–Crippen MR) is 103 cm³/mol. The van der Waals surface area contributed by atoms with E-state index in [9.17, 15) is 13.2 Å². The maximum Gasteiger partial charge on any atom is 0.293 e. The third-order valence-corrected chi connectivity index (χ3v) is 5.69. The van der Waals surface area contributed by atoms with Gasteiger partial charge in [-0.2, -0.15) is 0 Å². The molecule has 1 amide bonds. The maximum atomic E-state index is 12.5. The number of sulfonamides is 1. The van der Waals surface area contributed by atoms with Crippen molar-refractivity contribution >= 4 is 27.3 Å². The van der Waals surface area contributed by atoms with Crippen molar-refractivity contribution in [1.82, 2.24) is 0 Å². The third-order valence-electron chi connectivity index (χ3n) is 4.43. The lowest BCUT2D eigenvalue weighted by atomic mass is 10.1. The molecule has 0 bridgehead atoms. The molecule has 27 heavy (non-hydrogen) atoms. The fourth-order valence-corrected chi connectivity index (χ4v) is 4.41. The molecule has 3 aromatic rings. The van der Waals surface area contributed by atoms with E-state index in [-0.39, 0.29) is 17.4 Å². The number of benzene rings is 2. The number of amides is 1. The molecule has 0 saturated heterocycles. The summed E-state index contributed by atoms with van der Waals surface area (Å²) >= 11 is 0. The van der Waals surface area contributed by atoms with Crippen LogP contribution in [0.5, 0.6) is 0 Å². The van der Waals surface area contributed by atoms with Crippen LogP contribution in [0.1, 0.15) is 21.7 Å². The molecule has 138 valence electrons. The van der Waals surface area contributed by atoms with Crippen LogP contribution in [0.3, 0.4) is 0 Å². The van der Waals surface area contributed by atoms with E-state index in [0.29, 0.717) is 18.7 Å². The molecule has 2 heterocycles. The molecule has 0 saturated carbocycles. The number of carbonyl (C=O) groups excluding carboxylic acids is 1. The summed E-state index contributed by atoms with van der Waals surface area (Å²) in [4.78, 5) is 14.2. The van der Waals surface area contributed by atoms with E-state index in [1.165, 1.54) is 6.26 Å². The van der Waals surface area contributed by atoms with Crippen molar-refractivity contribution in [3.05, 3.63) is 83.8 Å². The Bertz CT molecular complexity index is 1060. The summed E-state index contributed by atoms with van der Waals surface area (Å²) in [5, 5.41) is 0. The van der Waals surface area contributed by atoms with Gasteiger partial charge in [-0.1, -0.05) is 30.3 Å². The monoisotopic (exact) mass is 382 g/mol. The SMILES string of the molecule is O=C(c1ccco1)N1CCc2cc(NS(=O)(=O)Cc3ccccc3)ccc21. The Morgan fingerprint density at radius 1 is 1.07 bits per heavy atom. The summed E-state index contributed by atoms with van der Waals surface area (Å²) in [6, 6.07) is 17.6. The van der Waals surface area contributed by atoms with E-state index in [2.05, 4.69) is 4.72 Å². The van der Waals surface area contributed by atoms with Crippen LogP contribution in [0, 0.1) is 0 Å². The van der Waals surface area contributed by atoms with Gasteiger partial charge in [-0.15, -0.1) is 0 Å². The van der Waals surface area contributed by atoms with Crippen molar-refractivity contribution < 1.29 is 17.6 Å². The van der Waals surface area contributed by atoms with Crippen LogP contribution >= 0.6 is 0 Å². The quantitative estimate of drug-likeness (QED) is 0.733. The summed E-state index contributed by atoms with van der Waals surface area (Å²) in [6.45, 7) is 0.537. The first-order valence-corrected chi connectivity index (χ1v) is 10.2. The van der Waals surface area contributed by atoms with E-state index in [1.54, 1.807) is 47.4 Å². The first-order valence-electron chi connectivity index (χ1n) is 8.54. The third kappa shape index (κ3) is 3.73. The number of fused-ring (bicyclic) bond motifs is 1. The van der Waals surface area contributed by atoms with Gasteiger partial charge in [0.2, 0.25) is 10.0 Å². The average Bonchev–Trinajstić information content (AvgIpc) is 3.31. The van der Waals surface area contributed by atoms with Crippen molar-refractivity contribution in [3.63, 3.8) is 0 Å². The predicted octanol–water partition coefficient (Wildman–Crippen LogP) is 3.42. The molecule has 1 N–H and O–H groups in total. The number of hydrogen-bond donors (Lipinski definition) is 1. The standard InChI is InChI=1S/C20H18N2O4S/c23-20(19-7-4-12-26-19)22-11-10-16-13-17(8-9-18(16)22)21-27(24,25)14-15-5-2-1-3-6-15/h1-9,12-13,21H,10-11,14H2. The zero-order chi connectivity index (χ0) is 18.9. The van der Waals surface area contributed by atoms with Gasteiger partial charge in [0.05, 0.1) is 12.0 Å². The largest absolute Gasteiger partial charge is 0.459 e. The van der Waals surface area contributed by atoms with Crippen molar-refractivity contribution in [2.75, 3.05) is 16.2 Å². The van der Waals surface area contributed by atoms with Gasteiger partial charge in [-0.05, 0) is 47.9 Å². The van der Waals surface area contributed by atoms with Crippen molar-refractivity contribution in [2.45, 2.75) is 12.2 Å². The Balaban J connectivity index is 1.51. The van der Waals surface area contributed by atoms with Crippen molar-refractivity contribution in [3.8, 4) is 0 Å². The Kier molecular flexibility index (Phi) is 4.45. The molecule has 2 aromatic carbocycles. The molecule has 0 unspecified atom stereocenters. The Labute approximate surface area is 157 Å². The Morgan fingerprint density at radius 2 is 1.89 bits per heavy atom. The fraction of sp³-hybridized carbons (Fsp3) is 0.150. The van der Waals surface area contributed by atoms with Gasteiger partial charge >= 0.3 is 0 Å². The maximum absolute atomic E-state index is 12.5. The summed E-state index contributed by atoms with van der Waals surface area (Å²) < 4.78 is 32.6. The minimum Gasteiger partial charge on any atom is -0.459 e. The summed E-state index contributed by atoms with van der Waals surface area (Å²) in [5.41, 5.74) is 2.93. The fourth-order valence-electron chi connectivity index (χ4n) is 3.22. The molecule has 0 spiro atoms. The van der Waals surface area contributed by atoms with Crippen LogP contribution < -0.4 is 9.62 Å². The molecule has 1 aliphatic rings. The van der Waals surface area contributed by atoms with Gasteiger partial charge in [0.25, 0.3) is 5.91 Å². The van der Waals surface area contributed by atoms with Gasteiger partial charge in [0.15, 0.2) is 5.76 Å². The van der Waals surface area contributed by atoms with Crippen LogP contribution in [0.2, 0.25) is 0 Å². The zero-order valence-electron chi connectivity index (χ0n) is 14.5. The highest BCUT2D eigenvalue weighted by Gasteiger charge is 2.27. The summed E-state index contributed by atoms with van der Waals surface area (Å²) in [6.07, 6.45) is 2.13. The lowest BCUT2D eigenvalue weighted by Crippen LogP contribution is -2.28. The topological polar surface area (TPSA) is 79.6 Å². The van der Waals surface area contributed by atoms with Crippen LogP contribution in [-0.4, -0.2) is 20.9 Å². The van der Waals surface area contributed by atoms with Crippen LogP contribution in [-0.2, 0) is 22.2 Å². The highest BCUT2D eigenvalue weighted by molar-refractivity contribution is 7.91. The molecular weight excluding hydrogens is 364 g/mol. The van der Waals surface area contributed by atoms with Crippen LogP contribution in [0.15, 0.2) is 71.3 Å². The first-order chi connectivity index (χ1) is 13.0. The molecule has 1 aromatic heterocycles. The van der Waals surface area contributed by atoms with Crippen molar-refractivity contribution in [2.24, 2.45) is 0 Å². The second-order valence-corrected chi connectivity index (χ2v) is 8.10. The highest BCUT2D eigenvalue weighted by atomic mass is 32.2. The summed E-state index contributed by atoms with van der Waals surface area (Å²) in [7, 11) is -3.52. The van der Waals surface area contributed by atoms with Gasteiger partial charge in [-0.3, -0.25) is 9.52 Å². The molecule has 0 radical (unpaired) electrons. The number of anilines is 2. The smallest absolute Gasteiger partial charge is 0.293 e. The minimum atomic E-state index is -3.52. The number of nitrogens with zero attached hydrogens (tertiary/aromatic N) is 1. The Morgan fingerprint density at radius 3 is 2.63 bits per heavy atom. The molecule has 6 nitrogen and oxygen atoms in total. The molecule has 0 fully saturated rings. The number of carbonyl (C=O) groups is 1. The number of furan rings is 1. The second-order valence-electron chi connectivity index (χ2n) is 6.37. The van der Waals surface area contributed by atoms with Crippen LogP contribution in [0.4, 0.5) is 11.4 Å². The molecule has 1 aliphatic heterocycles. The molecule has 4 rings (SSSR count). The van der Waals surface area contributed by atoms with E-state index in [0.717, 1.165) is 16.8 Å². The molecule has 7 heteroatoms. The molecule has 0 aliphatic carbocycles. The van der Waals surface area contributed by atoms with E-state index in [1.807, 2.05) is 18.2 Å². The number of rotatable bonds is 5. The van der Waals surface area contributed by atoms with Gasteiger partial charge in [0.1, 0.15) is 0 Å².